The molecule has 0 radical (unpaired) electrons. The maximum Gasteiger partial charge on any atom is 0.255 e. The smallest absolute Gasteiger partial charge is 0.255 e. The standard InChI is InChI=1S/C46H73N11O8/c1-57(2)23-22-51-41(58)33-26-34(38(63-4)28-37(33)62-3)42(59)55-31-16-18-32(19-17-31)56-44(61)36-27-35(43(60)54-30-14-8-5-9-15-30)39(64-24-12-6-10-20-52-45(47)48)29-40(36)65-25-13-7-11-21-53-46(49)50/h26-32H,5-25H2,1-4H3,(H,51,58)(H,54,60)(H,55,59)(H,56,61)(H4,47,48,52)(H4,49,50,53)/t31-,32-. The number of nitrogens with one attached hydrogen (secondary N) is 8. The van der Waals surface area contributed by atoms with Gasteiger partial charge < -0.3 is 67.2 Å². The van der Waals surface area contributed by atoms with Crippen molar-refractivity contribution in [2.75, 3.05) is 67.7 Å². The molecule has 65 heavy (non-hydrogen) atoms. The van der Waals surface area contributed by atoms with E-state index in [9.17, 15) is 19.2 Å². The van der Waals surface area contributed by atoms with Gasteiger partial charge in [0, 0.05) is 56.4 Å². The summed E-state index contributed by atoms with van der Waals surface area (Å²) in [5.74, 6) is -0.395. The Morgan fingerprint density at radius 2 is 0.938 bits per heavy atom. The predicted octanol–water partition coefficient (Wildman–Crippen LogP) is 3.59. The number of guanidine groups is 2. The van der Waals surface area contributed by atoms with Gasteiger partial charge in [-0.05, 0) is 103 Å². The number of carbonyl (C=O) groups is 4. The third-order valence-corrected chi connectivity index (χ3v) is 11.6. The average Bonchev–Trinajstić information content (AvgIpc) is 3.28. The summed E-state index contributed by atoms with van der Waals surface area (Å²) in [6, 6.07) is 5.89. The van der Waals surface area contributed by atoms with Gasteiger partial charge >= 0.3 is 0 Å². The Labute approximate surface area is 383 Å². The molecule has 2 aliphatic carbocycles. The van der Waals surface area contributed by atoms with E-state index in [1.54, 1.807) is 12.1 Å². The number of likely N-dealkylation sites (N-methyl/N-ethyl adjacent to an activating group) is 1. The van der Waals surface area contributed by atoms with Gasteiger partial charge in [0.1, 0.15) is 23.0 Å². The summed E-state index contributed by atoms with van der Waals surface area (Å²) >= 11 is 0. The molecule has 360 valence electrons. The number of methoxy groups -OCH3 is 2. The highest BCUT2D eigenvalue weighted by atomic mass is 16.5. The molecule has 4 rings (SSSR count). The SMILES string of the molecule is COc1cc(OC)c(C(=O)N[C@H]2CC[C@H](NC(=O)c3cc(C(=O)NC4CCCCC4)c(OCCCCCNC(=N)N)cc3OCCCCCNC(=N)N)CC2)cc1C(=O)NCCN(C)C. The van der Waals surface area contributed by atoms with E-state index in [2.05, 4.69) is 31.9 Å². The van der Waals surface area contributed by atoms with E-state index in [0.717, 1.165) is 57.8 Å². The molecule has 2 saturated carbocycles. The second-order valence-corrected chi connectivity index (χ2v) is 17.0. The Hall–Kier alpha value is -5.98. The van der Waals surface area contributed by atoms with Gasteiger partial charge in [0.25, 0.3) is 23.6 Å². The van der Waals surface area contributed by atoms with Crippen LogP contribution >= 0.6 is 0 Å². The topological polar surface area (TPSA) is 280 Å². The van der Waals surface area contributed by atoms with Crippen LogP contribution in [-0.2, 0) is 0 Å². The second kappa shape index (κ2) is 27.4. The summed E-state index contributed by atoms with van der Waals surface area (Å²) in [4.78, 5) is 57.0. The van der Waals surface area contributed by atoms with E-state index in [0.29, 0.717) is 89.4 Å². The largest absolute Gasteiger partial charge is 0.496 e. The highest BCUT2D eigenvalue weighted by Gasteiger charge is 2.29. The van der Waals surface area contributed by atoms with Crippen LogP contribution in [0.2, 0.25) is 0 Å². The van der Waals surface area contributed by atoms with Crippen LogP contribution in [0.4, 0.5) is 0 Å². The fourth-order valence-corrected chi connectivity index (χ4v) is 7.93. The van der Waals surface area contributed by atoms with Gasteiger partial charge in [0.2, 0.25) is 0 Å². The third kappa shape index (κ3) is 17.5. The molecule has 19 heteroatoms. The van der Waals surface area contributed by atoms with Crippen molar-refractivity contribution in [2.45, 2.75) is 114 Å². The van der Waals surface area contributed by atoms with Crippen LogP contribution in [0.15, 0.2) is 24.3 Å². The maximum atomic E-state index is 14.2. The number of unbranched alkanes of at least 4 members (excludes halogenated alkanes) is 4. The molecule has 0 unspecified atom stereocenters. The Bertz CT molecular complexity index is 1900. The van der Waals surface area contributed by atoms with Gasteiger partial charge in [-0.15, -0.1) is 0 Å². The highest BCUT2D eigenvalue weighted by Crippen LogP contribution is 2.33. The number of hydrogen-bond acceptors (Lipinski definition) is 11. The lowest BCUT2D eigenvalue weighted by Gasteiger charge is -2.30. The summed E-state index contributed by atoms with van der Waals surface area (Å²) in [6.45, 7) is 2.84. The number of rotatable bonds is 26. The minimum atomic E-state index is -0.387. The molecule has 4 amide bonds. The molecule has 0 atom stereocenters. The molecule has 0 saturated heterocycles. The van der Waals surface area contributed by atoms with Crippen LogP contribution in [0.1, 0.15) is 138 Å². The first kappa shape index (κ1) is 51.7. The van der Waals surface area contributed by atoms with E-state index < -0.39 is 0 Å². The number of benzene rings is 2. The zero-order valence-electron chi connectivity index (χ0n) is 38.8. The zero-order chi connectivity index (χ0) is 47.1. The first-order chi connectivity index (χ1) is 31.3. The number of hydrogen-bond donors (Lipinski definition) is 10. The molecule has 12 N–H and O–H groups in total. The number of ether oxygens (including phenoxy) is 4. The first-order valence-corrected chi connectivity index (χ1v) is 23.0. The lowest BCUT2D eigenvalue weighted by Crippen LogP contribution is -2.44. The highest BCUT2D eigenvalue weighted by molar-refractivity contribution is 6.04. The maximum absolute atomic E-state index is 14.2. The molecule has 2 aliphatic rings. The van der Waals surface area contributed by atoms with Crippen molar-refractivity contribution in [3.8, 4) is 23.0 Å². The Balaban J connectivity index is 1.48. The Morgan fingerprint density at radius 1 is 0.538 bits per heavy atom. The average molecular weight is 908 g/mol. The summed E-state index contributed by atoms with van der Waals surface area (Å²) in [7, 11) is 6.73. The second-order valence-electron chi connectivity index (χ2n) is 17.0. The zero-order valence-corrected chi connectivity index (χ0v) is 38.8. The van der Waals surface area contributed by atoms with Crippen molar-refractivity contribution >= 4 is 35.5 Å². The molecular weight excluding hydrogens is 835 g/mol. The van der Waals surface area contributed by atoms with Crippen LogP contribution in [0.5, 0.6) is 23.0 Å². The van der Waals surface area contributed by atoms with E-state index in [1.165, 1.54) is 26.4 Å². The summed E-state index contributed by atoms with van der Waals surface area (Å²) < 4.78 is 23.5. The molecule has 0 spiro atoms. The molecule has 2 aromatic carbocycles. The van der Waals surface area contributed by atoms with Crippen molar-refractivity contribution in [3.05, 3.63) is 46.5 Å². The fraction of sp³-hybridized carbons (Fsp3) is 0.609. The van der Waals surface area contributed by atoms with Crippen LogP contribution in [0.25, 0.3) is 0 Å². The van der Waals surface area contributed by atoms with Gasteiger partial charge in [-0.1, -0.05) is 19.3 Å². The molecule has 19 nitrogen and oxygen atoms in total. The molecule has 0 bridgehead atoms. The lowest BCUT2D eigenvalue weighted by atomic mass is 9.90. The third-order valence-electron chi connectivity index (χ3n) is 11.6. The van der Waals surface area contributed by atoms with Crippen molar-refractivity contribution in [1.29, 1.82) is 10.8 Å². The Morgan fingerprint density at radius 3 is 1.35 bits per heavy atom. The van der Waals surface area contributed by atoms with Crippen LogP contribution < -0.4 is 62.3 Å². The molecule has 0 heterocycles. The van der Waals surface area contributed by atoms with Crippen LogP contribution in [0.3, 0.4) is 0 Å². The number of nitrogens with two attached hydrogens (primary N) is 2. The van der Waals surface area contributed by atoms with Crippen molar-refractivity contribution in [1.82, 2.24) is 36.8 Å². The molecule has 0 aliphatic heterocycles. The quantitative estimate of drug-likeness (QED) is 0.0368. The summed E-state index contributed by atoms with van der Waals surface area (Å²) in [5.41, 5.74) is 11.7. The van der Waals surface area contributed by atoms with Crippen molar-refractivity contribution in [2.24, 2.45) is 11.5 Å². The van der Waals surface area contributed by atoms with Gasteiger partial charge in [-0.25, -0.2) is 0 Å². The normalized spacial score (nSPS) is 16.1. The number of nitrogens with zero attached hydrogens (tertiary/aromatic N) is 1. The van der Waals surface area contributed by atoms with E-state index in [1.807, 2.05) is 19.0 Å². The molecular formula is C46H73N11O8. The number of carbonyl (C=O) groups excluding carboxylic acids is 4. The van der Waals surface area contributed by atoms with E-state index >= 15 is 0 Å². The minimum absolute atomic E-state index is 0.0321. The van der Waals surface area contributed by atoms with E-state index in [-0.39, 0.29) is 87.4 Å². The van der Waals surface area contributed by atoms with E-state index in [4.69, 9.17) is 41.2 Å². The summed E-state index contributed by atoms with van der Waals surface area (Å²) in [6.07, 6.45) is 11.9. The molecule has 2 fully saturated rings. The van der Waals surface area contributed by atoms with Gasteiger partial charge in [0.05, 0.1) is 49.7 Å². The van der Waals surface area contributed by atoms with Crippen molar-refractivity contribution < 1.29 is 38.1 Å². The molecule has 0 aromatic heterocycles. The van der Waals surface area contributed by atoms with Gasteiger partial charge in [-0.2, -0.15) is 0 Å². The van der Waals surface area contributed by atoms with Gasteiger partial charge in [0.15, 0.2) is 11.9 Å². The predicted molar refractivity (Wildman–Crippen MR) is 251 cm³/mol. The van der Waals surface area contributed by atoms with Crippen LogP contribution in [-0.4, -0.2) is 126 Å². The minimum Gasteiger partial charge on any atom is -0.496 e. The monoisotopic (exact) mass is 908 g/mol. The van der Waals surface area contributed by atoms with Gasteiger partial charge in [-0.3, -0.25) is 30.0 Å². The van der Waals surface area contributed by atoms with Crippen molar-refractivity contribution in [3.63, 3.8) is 0 Å². The van der Waals surface area contributed by atoms with Crippen LogP contribution in [0, 0.1) is 10.8 Å². The Kier molecular flexibility index (Phi) is 21.7. The number of amides is 4. The molecule has 2 aromatic rings. The first-order valence-electron chi connectivity index (χ1n) is 23.0. The summed E-state index contributed by atoms with van der Waals surface area (Å²) in [5, 5.41) is 32.7. The fourth-order valence-electron chi connectivity index (χ4n) is 7.93. The lowest BCUT2D eigenvalue weighted by molar-refractivity contribution is 0.0885.